The van der Waals surface area contributed by atoms with Gasteiger partial charge in [-0.3, -0.25) is 5.10 Å². The molecule has 5 heteroatoms. The van der Waals surface area contributed by atoms with Crippen LogP contribution in [0.15, 0.2) is 30.3 Å². The van der Waals surface area contributed by atoms with Gasteiger partial charge in [0.1, 0.15) is 11.9 Å². The molecule has 0 fully saturated rings. The summed E-state index contributed by atoms with van der Waals surface area (Å²) in [7, 11) is 1.61. The summed E-state index contributed by atoms with van der Waals surface area (Å²) in [4.78, 5) is 4.23. The second kappa shape index (κ2) is 5.23. The summed E-state index contributed by atoms with van der Waals surface area (Å²) >= 11 is 0. The molecule has 1 aromatic heterocycles. The molecule has 0 amide bonds. The fourth-order valence-electron chi connectivity index (χ4n) is 1.60. The Hall–Kier alpha value is -2.19. The van der Waals surface area contributed by atoms with Crippen molar-refractivity contribution in [3.8, 4) is 6.07 Å². The number of benzene rings is 1. The fourth-order valence-corrected chi connectivity index (χ4v) is 1.60. The van der Waals surface area contributed by atoms with Crippen LogP contribution in [0.2, 0.25) is 0 Å². The van der Waals surface area contributed by atoms with Crippen LogP contribution in [-0.2, 0) is 11.2 Å². The molecule has 0 aliphatic rings. The number of hydrogen-bond donors (Lipinski definition) is 1. The Balaban J connectivity index is 2.27. The maximum absolute atomic E-state index is 8.57. The third kappa shape index (κ3) is 2.49. The first-order valence-electron chi connectivity index (χ1n) is 5.21. The van der Waals surface area contributed by atoms with Crippen LogP contribution in [0.5, 0.6) is 0 Å². The Morgan fingerprint density at radius 3 is 2.82 bits per heavy atom. The first-order chi connectivity index (χ1) is 8.35. The van der Waals surface area contributed by atoms with Crippen molar-refractivity contribution in [3.63, 3.8) is 0 Å². The Morgan fingerprint density at radius 2 is 2.18 bits per heavy atom. The summed E-state index contributed by atoms with van der Waals surface area (Å²) in [5.41, 5.74) is 0.984. The minimum atomic E-state index is -0.306. The zero-order chi connectivity index (χ0) is 12.1. The zero-order valence-electron chi connectivity index (χ0n) is 9.42. The summed E-state index contributed by atoms with van der Waals surface area (Å²) in [5, 5.41) is 15.4. The molecule has 0 aliphatic carbocycles. The van der Waals surface area contributed by atoms with E-state index in [1.54, 1.807) is 7.11 Å². The molecule has 0 bridgehead atoms. The number of methoxy groups -OCH3 is 1. The van der Waals surface area contributed by atoms with Crippen LogP contribution in [0.1, 0.15) is 23.3 Å². The lowest BCUT2D eigenvalue weighted by Gasteiger charge is -2.11. The normalized spacial score (nSPS) is 12.0. The number of nitrogens with zero attached hydrogens (tertiary/aromatic N) is 3. The van der Waals surface area contributed by atoms with Gasteiger partial charge in [0.25, 0.3) is 0 Å². The molecule has 5 nitrogen and oxygen atoms in total. The molecule has 1 heterocycles. The summed E-state index contributed by atoms with van der Waals surface area (Å²) in [5.74, 6) is 1.10. The predicted octanol–water partition coefficient (Wildman–Crippen LogP) is 1.61. The molecule has 2 rings (SSSR count). The third-order valence-electron chi connectivity index (χ3n) is 2.37. The van der Waals surface area contributed by atoms with Crippen LogP contribution in [-0.4, -0.2) is 22.3 Å². The molecule has 1 aromatic carbocycles. The van der Waals surface area contributed by atoms with Gasteiger partial charge in [-0.1, -0.05) is 30.3 Å². The van der Waals surface area contributed by atoms with Gasteiger partial charge in [-0.05, 0) is 5.56 Å². The molecule has 2 aromatic rings. The molecule has 86 valence electrons. The highest BCUT2D eigenvalue weighted by Crippen LogP contribution is 2.21. The monoisotopic (exact) mass is 228 g/mol. The van der Waals surface area contributed by atoms with E-state index in [0.29, 0.717) is 11.6 Å². The number of hydrogen-bond acceptors (Lipinski definition) is 4. The van der Waals surface area contributed by atoms with Crippen LogP contribution in [0.3, 0.4) is 0 Å². The standard InChI is InChI=1S/C12H12N4O/c1-17-11(9-5-3-2-4-6-9)12-14-10(7-8-13)15-16-12/h2-6,11H,7H2,1H3,(H,14,15,16). The quantitative estimate of drug-likeness (QED) is 0.862. The van der Waals surface area contributed by atoms with Crippen LogP contribution in [0, 0.1) is 11.3 Å². The number of ether oxygens (including phenoxy) is 1. The highest BCUT2D eigenvalue weighted by molar-refractivity contribution is 5.22. The highest BCUT2D eigenvalue weighted by atomic mass is 16.5. The fraction of sp³-hybridized carbons (Fsp3) is 0.250. The maximum Gasteiger partial charge on any atom is 0.184 e. The van der Waals surface area contributed by atoms with Gasteiger partial charge in [-0.25, -0.2) is 4.98 Å². The largest absolute Gasteiger partial charge is 0.369 e. The molecule has 17 heavy (non-hydrogen) atoms. The number of nitrogens with one attached hydrogen (secondary N) is 1. The molecule has 1 N–H and O–H groups in total. The highest BCUT2D eigenvalue weighted by Gasteiger charge is 2.17. The van der Waals surface area contributed by atoms with E-state index < -0.39 is 0 Å². The number of aromatic amines is 1. The predicted molar refractivity (Wildman–Crippen MR) is 61.0 cm³/mol. The van der Waals surface area contributed by atoms with E-state index >= 15 is 0 Å². The molecule has 1 atom stereocenters. The van der Waals surface area contributed by atoms with E-state index in [2.05, 4.69) is 15.2 Å². The van der Waals surface area contributed by atoms with E-state index in [-0.39, 0.29) is 12.5 Å². The number of nitriles is 1. The average molecular weight is 228 g/mol. The van der Waals surface area contributed by atoms with Gasteiger partial charge in [0.15, 0.2) is 5.82 Å². The first kappa shape index (κ1) is 11.3. The molecular weight excluding hydrogens is 216 g/mol. The molecule has 0 aliphatic heterocycles. The van der Waals surface area contributed by atoms with Crippen molar-refractivity contribution in [3.05, 3.63) is 47.5 Å². The van der Waals surface area contributed by atoms with Crippen molar-refractivity contribution in [2.45, 2.75) is 12.5 Å². The Labute approximate surface area is 99.1 Å². The van der Waals surface area contributed by atoms with Crippen molar-refractivity contribution >= 4 is 0 Å². The van der Waals surface area contributed by atoms with Crippen LogP contribution in [0.25, 0.3) is 0 Å². The van der Waals surface area contributed by atoms with Crippen molar-refractivity contribution in [2.24, 2.45) is 0 Å². The van der Waals surface area contributed by atoms with Gasteiger partial charge in [-0.15, -0.1) is 0 Å². The lowest BCUT2D eigenvalue weighted by atomic mass is 10.1. The van der Waals surface area contributed by atoms with Gasteiger partial charge in [0.05, 0.1) is 12.5 Å². The molecule has 1 unspecified atom stereocenters. The van der Waals surface area contributed by atoms with Crippen molar-refractivity contribution < 1.29 is 4.74 Å². The summed E-state index contributed by atoms with van der Waals surface area (Å²) in [6.07, 6.45) is -0.0852. The zero-order valence-corrected chi connectivity index (χ0v) is 9.42. The van der Waals surface area contributed by atoms with Crippen LogP contribution < -0.4 is 0 Å². The maximum atomic E-state index is 8.57. The molecule has 0 saturated heterocycles. The minimum absolute atomic E-state index is 0.220. The Kier molecular flexibility index (Phi) is 3.48. The minimum Gasteiger partial charge on any atom is -0.369 e. The summed E-state index contributed by atoms with van der Waals surface area (Å²) in [6.45, 7) is 0. The van der Waals surface area contributed by atoms with Gasteiger partial charge in [-0.2, -0.15) is 10.4 Å². The molecule has 0 radical (unpaired) electrons. The van der Waals surface area contributed by atoms with Crippen molar-refractivity contribution in [2.75, 3.05) is 7.11 Å². The first-order valence-corrected chi connectivity index (χ1v) is 5.21. The van der Waals surface area contributed by atoms with Crippen molar-refractivity contribution in [1.82, 2.24) is 15.2 Å². The third-order valence-corrected chi connectivity index (χ3v) is 2.37. The topological polar surface area (TPSA) is 74.6 Å². The Bertz CT molecular complexity index is 515. The second-order valence-electron chi connectivity index (χ2n) is 3.50. The SMILES string of the molecule is COC(c1ccccc1)c1n[nH]c(CC#N)n1. The van der Waals surface area contributed by atoms with Gasteiger partial charge < -0.3 is 4.74 Å². The van der Waals surface area contributed by atoms with E-state index in [9.17, 15) is 0 Å². The lowest BCUT2D eigenvalue weighted by molar-refractivity contribution is 0.129. The number of rotatable bonds is 4. The van der Waals surface area contributed by atoms with Gasteiger partial charge >= 0.3 is 0 Å². The average Bonchev–Trinajstić information content (AvgIpc) is 2.81. The summed E-state index contributed by atoms with van der Waals surface area (Å²) in [6, 6.07) is 11.7. The van der Waals surface area contributed by atoms with Crippen LogP contribution in [0.4, 0.5) is 0 Å². The van der Waals surface area contributed by atoms with E-state index in [1.807, 2.05) is 36.4 Å². The van der Waals surface area contributed by atoms with E-state index in [0.717, 1.165) is 5.56 Å². The van der Waals surface area contributed by atoms with E-state index in [4.69, 9.17) is 10.00 Å². The number of H-pyrrole nitrogens is 1. The van der Waals surface area contributed by atoms with Gasteiger partial charge in [0, 0.05) is 7.11 Å². The van der Waals surface area contributed by atoms with Crippen molar-refractivity contribution in [1.29, 1.82) is 5.26 Å². The smallest absolute Gasteiger partial charge is 0.184 e. The molecule has 0 saturated carbocycles. The van der Waals surface area contributed by atoms with Gasteiger partial charge in [0.2, 0.25) is 0 Å². The second-order valence-corrected chi connectivity index (χ2v) is 3.50. The van der Waals surface area contributed by atoms with E-state index in [1.165, 1.54) is 0 Å². The Morgan fingerprint density at radius 1 is 1.41 bits per heavy atom. The van der Waals surface area contributed by atoms with Crippen LogP contribution >= 0.6 is 0 Å². The summed E-state index contributed by atoms with van der Waals surface area (Å²) < 4.78 is 5.39. The number of aromatic nitrogens is 3. The molecular formula is C12H12N4O. The lowest BCUT2D eigenvalue weighted by Crippen LogP contribution is -2.05. The molecule has 0 spiro atoms.